The Morgan fingerprint density at radius 3 is 3.00 bits per heavy atom. The van der Waals surface area contributed by atoms with Gasteiger partial charge in [0.15, 0.2) is 0 Å². The number of phenolic OH excluding ortho intramolecular Hbond substituents is 1. The number of carbonyl (C=O) groups is 1. The molecule has 0 aromatic heterocycles. The molecule has 1 aromatic rings. The van der Waals surface area contributed by atoms with E-state index in [1.807, 2.05) is 0 Å². The van der Waals surface area contributed by atoms with E-state index in [9.17, 15) is 9.90 Å². The van der Waals surface area contributed by atoms with Crippen LogP contribution in [0.5, 0.6) is 5.75 Å². The molecule has 1 aliphatic heterocycles. The van der Waals surface area contributed by atoms with Gasteiger partial charge in [0, 0.05) is 11.4 Å². The summed E-state index contributed by atoms with van der Waals surface area (Å²) in [5.41, 5.74) is 1.03. The fourth-order valence-electron chi connectivity index (χ4n) is 1.41. The van der Waals surface area contributed by atoms with Crippen LogP contribution in [0.25, 0.3) is 0 Å². The monoisotopic (exact) mass is 212 g/mol. The zero-order chi connectivity index (χ0) is 10.1. The van der Waals surface area contributed by atoms with Crippen molar-refractivity contribution in [3.63, 3.8) is 0 Å². The van der Waals surface area contributed by atoms with Crippen molar-refractivity contribution >= 4 is 18.0 Å². The highest BCUT2D eigenvalue weighted by molar-refractivity contribution is 7.97. The van der Waals surface area contributed by atoms with Crippen molar-refractivity contribution in [1.29, 1.82) is 0 Å². The van der Waals surface area contributed by atoms with Gasteiger partial charge in [0.05, 0.1) is 0 Å². The first-order valence-electron chi connectivity index (χ1n) is 4.21. The Hall–Kier alpha value is -1.36. The van der Waals surface area contributed by atoms with Crippen molar-refractivity contribution in [2.75, 3.05) is 6.54 Å². The van der Waals surface area contributed by atoms with E-state index >= 15 is 0 Å². The molecule has 14 heavy (non-hydrogen) atoms. The number of amides is 1. The zero-order valence-corrected chi connectivity index (χ0v) is 8.24. The van der Waals surface area contributed by atoms with Crippen LogP contribution in [0.15, 0.2) is 23.1 Å². The van der Waals surface area contributed by atoms with Gasteiger partial charge in [-0.1, -0.05) is 11.9 Å². The number of nitrogens with zero attached hydrogens (tertiary/aromatic N) is 1. The molecule has 1 radical (unpaired) electrons. The fraction of sp³-hybridized carbons (Fsp3) is 0.222. The number of carboxylic acid groups (broad SMARTS) is 1. The van der Waals surface area contributed by atoms with Crippen molar-refractivity contribution < 1.29 is 15.0 Å². The molecule has 4 nitrogen and oxygen atoms in total. The molecule has 1 aromatic carbocycles. The minimum absolute atomic E-state index is 0.239. The maximum absolute atomic E-state index is 10.7. The first-order chi connectivity index (χ1) is 6.66. The molecule has 0 atom stereocenters. The number of thiol groups is 1. The van der Waals surface area contributed by atoms with E-state index in [0.29, 0.717) is 24.9 Å². The summed E-state index contributed by atoms with van der Waals surface area (Å²) in [5, 5.41) is 18.0. The second kappa shape index (κ2) is 3.42. The number of rotatable bonds is 0. The Kier molecular flexibility index (Phi) is 2.25. The average molecular weight is 212 g/mol. The lowest BCUT2D eigenvalue weighted by molar-refractivity contribution is 0.175. The highest BCUT2D eigenvalue weighted by Gasteiger charge is 2.19. The largest absolute Gasteiger partial charge is 0.508 e. The standard InChI is InChI=1S/C9H10NO3S/c11-7-1-2-8-6(5-7)3-4-10(14-8)9(12)13/h1-2,5,11,14H,3-4H2,(H,12,13). The van der Waals surface area contributed by atoms with Crippen LogP contribution < -0.4 is 0 Å². The Labute approximate surface area is 85.3 Å². The third-order valence-electron chi connectivity index (χ3n) is 2.11. The van der Waals surface area contributed by atoms with Crippen LogP contribution >= 0.6 is 11.9 Å². The van der Waals surface area contributed by atoms with Gasteiger partial charge in [0.25, 0.3) is 0 Å². The summed E-state index contributed by atoms with van der Waals surface area (Å²) in [5.74, 6) is 0.239. The Morgan fingerprint density at radius 1 is 1.50 bits per heavy atom. The molecule has 1 heterocycles. The molecule has 2 rings (SSSR count). The highest BCUT2D eigenvalue weighted by Crippen LogP contribution is 2.33. The number of aromatic hydroxyl groups is 1. The molecule has 1 aliphatic rings. The maximum Gasteiger partial charge on any atom is 0.416 e. The van der Waals surface area contributed by atoms with E-state index in [0.717, 1.165) is 10.5 Å². The van der Waals surface area contributed by atoms with Crippen LogP contribution in [-0.2, 0) is 6.42 Å². The molecular formula is C9H10NO3S. The van der Waals surface area contributed by atoms with Crippen LogP contribution in [0, 0.1) is 0 Å². The smallest absolute Gasteiger partial charge is 0.416 e. The first kappa shape index (κ1) is 9.21. The van der Waals surface area contributed by atoms with Crippen LogP contribution in [0.4, 0.5) is 4.79 Å². The van der Waals surface area contributed by atoms with Gasteiger partial charge in [0.2, 0.25) is 0 Å². The van der Waals surface area contributed by atoms with Crippen molar-refractivity contribution in [3.8, 4) is 5.75 Å². The van der Waals surface area contributed by atoms with E-state index in [4.69, 9.17) is 5.11 Å². The van der Waals surface area contributed by atoms with Crippen molar-refractivity contribution in [2.24, 2.45) is 0 Å². The van der Waals surface area contributed by atoms with Crippen LogP contribution in [0.3, 0.4) is 0 Å². The second-order valence-electron chi connectivity index (χ2n) is 3.07. The summed E-state index contributed by atoms with van der Waals surface area (Å²) in [7, 11) is 0. The maximum atomic E-state index is 10.7. The SMILES string of the molecule is O=C(O)N1CCc2cc(O)ccc2[SH]1. The van der Waals surface area contributed by atoms with Crippen LogP contribution in [0.2, 0.25) is 0 Å². The number of hydrogen-bond acceptors (Lipinski definition) is 2. The Balaban J connectivity index is 2.27. The Bertz CT molecular complexity index is 380. The van der Waals surface area contributed by atoms with Gasteiger partial charge in [-0.25, -0.2) is 4.79 Å². The van der Waals surface area contributed by atoms with Crippen molar-refractivity contribution in [2.45, 2.75) is 11.3 Å². The molecule has 0 bridgehead atoms. The van der Waals surface area contributed by atoms with Crippen molar-refractivity contribution in [3.05, 3.63) is 23.8 Å². The van der Waals surface area contributed by atoms with Gasteiger partial charge in [-0.15, -0.1) is 0 Å². The molecule has 2 N–H and O–H groups in total. The lowest BCUT2D eigenvalue weighted by Gasteiger charge is -2.26. The van der Waals surface area contributed by atoms with Gasteiger partial charge in [-0.3, -0.25) is 4.31 Å². The predicted octanol–water partition coefficient (Wildman–Crippen LogP) is 1.67. The van der Waals surface area contributed by atoms with Gasteiger partial charge < -0.3 is 10.2 Å². The number of benzene rings is 1. The number of hydrogen-bond donors (Lipinski definition) is 3. The van der Waals surface area contributed by atoms with E-state index in [-0.39, 0.29) is 5.75 Å². The van der Waals surface area contributed by atoms with Crippen molar-refractivity contribution in [1.82, 2.24) is 4.31 Å². The van der Waals surface area contributed by atoms with Gasteiger partial charge >= 0.3 is 6.09 Å². The quantitative estimate of drug-likeness (QED) is 0.573. The lowest BCUT2D eigenvalue weighted by atomic mass is 10.1. The molecule has 0 saturated carbocycles. The minimum Gasteiger partial charge on any atom is -0.508 e. The zero-order valence-electron chi connectivity index (χ0n) is 7.34. The molecular weight excluding hydrogens is 202 g/mol. The van der Waals surface area contributed by atoms with Gasteiger partial charge in [-0.05, 0) is 30.2 Å². The summed E-state index contributed by atoms with van der Waals surface area (Å²) >= 11 is 0.680. The third-order valence-corrected chi connectivity index (χ3v) is 3.37. The summed E-state index contributed by atoms with van der Waals surface area (Å²) in [6.45, 7) is 0.493. The molecule has 0 fully saturated rings. The molecule has 0 unspecified atom stereocenters. The minimum atomic E-state index is -0.898. The normalized spacial score (nSPS) is 15.0. The molecule has 0 saturated heterocycles. The highest BCUT2D eigenvalue weighted by atomic mass is 32.2. The third kappa shape index (κ3) is 1.63. The fourth-order valence-corrected chi connectivity index (χ4v) is 2.41. The van der Waals surface area contributed by atoms with Gasteiger partial charge in [0.1, 0.15) is 5.75 Å². The number of phenols is 1. The molecule has 1 amide bonds. The summed E-state index contributed by atoms with van der Waals surface area (Å²) in [6, 6.07) is 5.04. The lowest BCUT2D eigenvalue weighted by Crippen LogP contribution is -2.27. The van der Waals surface area contributed by atoms with Crippen LogP contribution in [-0.4, -0.2) is 27.2 Å². The Morgan fingerprint density at radius 2 is 2.29 bits per heavy atom. The average Bonchev–Trinajstić information content (AvgIpc) is 2.16. The van der Waals surface area contributed by atoms with E-state index in [1.54, 1.807) is 18.2 Å². The van der Waals surface area contributed by atoms with E-state index in [2.05, 4.69) is 0 Å². The molecule has 75 valence electrons. The van der Waals surface area contributed by atoms with E-state index < -0.39 is 6.09 Å². The first-order valence-corrected chi connectivity index (χ1v) is 5.05. The molecule has 0 spiro atoms. The molecule has 0 aliphatic carbocycles. The second-order valence-corrected chi connectivity index (χ2v) is 4.23. The summed E-state index contributed by atoms with van der Waals surface area (Å²) in [4.78, 5) is 11.7. The summed E-state index contributed by atoms with van der Waals surface area (Å²) < 4.78 is 1.35. The van der Waals surface area contributed by atoms with Crippen LogP contribution in [0.1, 0.15) is 5.56 Å². The topological polar surface area (TPSA) is 60.8 Å². The summed E-state index contributed by atoms with van der Waals surface area (Å²) in [6.07, 6.45) is -0.228. The molecule has 5 heteroatoms. The van der Waals surface area contributed by atoms with Gasteiger partial charge in [-0.2, -0.15) is 0 Å². The number of fused-ring (bicyclic) bond motifs is 1. The van der Waals surface area contributed by atoms with E-state index in [1.165, 1.54) is 4.31 Å². The predicted molar refractivity (Wildman–Crippen MR) is 53.8 cm³/mol.